The van der Waals surface area contributed by atoms with Crippen LogP contribution in [-0.4, -0.2) is 24.8 Å². The van der Waals surface area contributed by atoms with Crippen LogP contribution in [-0.2, 0) is 13.0 Å². The molecule has 0 saturated heterocycles. The van der Waals surface area contributed by atoms with E-state index >= 15 is 0 Å². The Labute approximate surface area is 125 Å². The second-order valence-electron chi connectivity index (χ2n) is 5.81. The van der Waals surface area contributed by atoms with Crippen LogP contribution in [0, 0.1) is 0 Å². The highest BCUT2D eigenvalue weighted by Crippen LogP contribution is 2.45. The van der Waals surface area contributed by atoms with Crippen LogP contribution in [0.1, 0.15) is 17.5 Å². The van der Waals surface area contributed by atoms with Crippen molar-refractivity contribution in [2.45, 2.75) is 19.4 Å². The SMILES string of the molecule is OCCCN1Cc2cccc3c2N(CC3)c2ccccc21. The van der Waals surface area contributed by atoms with Crippen LogP contribution in [0.25, 0.3) is 0 Å². The normalized spacial score (nSPS) is 15.7. The van der Waals surface area contributed by atoms with Gasteiger partial charge in [-0.2, -0.15) is 0 Å². The lowest BCUT2D eigenvalue weighted by molar-refractivity contribution is 0.289. The summed E-state index contributed by atoms with van der Waals surface area (Å²) in [7, 11) is 0. The molecule has 0 amide bonds. The molecule has 2 aromatic carbocycles. The average molecular weight is 280 g/mol. The highest BCUT2D eigenvalue weighted by molar-refractivity contribution is 5.84. The predicted octanol–water partition coefficient (Wildman–Crippen LogP) is 3.08. The summed E-state index contributed by atoms with van der Waals surface area (Å²) in [5, 5.41) is 9.18. The molecule has 108 valence electrons. The van der Waals surface area contributed by atoms with Gasteiger partial charge in [0.2, 0.25) is 0 Å². The largest absolute Gasteiger partial charge is 0.396 e. The standard InChI is InChI=1S/C18H20N2O/c21-12-4-10-19-13-15-6-3-5-14-9-11-20(18(14)15)17-8-2-1-7-16(17)19/h1-3,5-8,21H,4,9-13H2. The van der Waals surface area contributed by atoms with E-state index in [1.165, 1.54) is 28.2 Å². The molecule has 2 aliphatic rings. The third-order valence-corrected chi connectivity index (χ3v) is 4.54. The summed E-state index contributed by atoms with van der Waals surface area (Å²) >= 11 is 0. The van der Waals surface area contributed by atoms with Crippen molar-refractivity contribution in [3.8, 4) is 0 Å². The van der Waals surface area contributed by atoms with Gasteiger partial charge in [-0.25, -0.2) is 0 Å². The predicted molar refractivity (Wildman–Crippen MR) is 86.3 cm³/mol. The highest BCUT2D eigenvalue weighted by Gasteiger charge is 2.29. The van der Waals surface area contributed by atoms with Crippen molar-refractivity contribution in [1.82, 2.24) is 0 Å². The molecule has 2 aromatic rings. The summed E-state index contributed by atoms with van der Waals surface area (Å²) in [6.07, 6.45) is 1.94. The topological polar surface area (TPSA) is 26.7 Å². The molecular formula is C18H20N2O. The first-order valence-corrected chi connectivity index (χ1v) is 7.71. The molecule has 4 rings (SSSR count). The van der Waals surface area contributed by atoms with Crippen molar-refractivity contribution in [1.29, 1.82) is 0 Å². The molecule has 2 aliphatic heterocycles. The number of aliphatic hydroxyl groups excluding tert-OH is 1. The minimum absolute atomic E-state index is 0.245. The molecule has 0 aromatic heterocycles. The molecule has 2 heterocycles. The van der Waals surface area contributed by atoms with E-state index in [1.807, 2.05) is 0 Å². The van der Waals surface area contributed by atoms with Crippen LogP contribution in [0.4, 0.5) is 17.1 Å². The first-order valence-electron chi connectivity index (χ1n) is 7.71. The zero-order chi connectivity index (χ0) is 14.2. The van der Waals surface area contributed by atoms with Crippen molar-refractivity contribution >= 4 is 17.1 Å². The van der Waals surface area contributed by atoms with E-state index in [9.17, 15) is 5.11 Å². The Kier molecular flexibility index (Phi) is 3.08. The fourth-order valence-corrected chi connectivity index (χ4v) is 3.62. The van der Waals surface area contributed by atoms with Gasteiger partial charge in [0.25, 0.3) is 0 Å². The molecule has 1 N–H and O–H groups in total. The van der Waals surface area contributed by atoms with Gasteiger partial charge in [0.1, 0.15) is 0 Å². The van der Waals surface area contributed by atoms with Gasteiger partial charge in [0, 0.05) is 31.9 Å². The second kappa shape index (κ2) is 5.08. The molecule has 0 unspecified atom stereocenters. The first-order chi connectivity index (χ1) is 10.4. The molecule has 0 saturated carbocycles. The molecule has 3 heteroatoms. The van der Waals surface area contributed by atoms with Crippen LogP contribution in [0.15, 0.2) is 42.5 Å². The number of nitrogens with zero attached hydrogens (tertiary/aromatic N) is 2. The number of fused-ring (bicyclic) bond motifs is 2. The fraction of sp³-hybridized carbons (Fsp3) is 0.333. The van der Waals surface area contributed by atoms with Gasteiger partial charge < -0.3 is 14.9 Å². The summed E-state index contributed by atoms with van der Waals surface area (Å²) in [6.45, 7) is 3.13. The van der Waals surface area contributed by atoms with Crippen LogP contribution < -0.4 is 9.80 Å². The van der Waals surface area contributed by atoms with Crippen LogP contribution >= 0.6 is 0 Å². The summed E-state index contributed by atoms with van der Waals surface area (Å²) in [5.41, 5.74) is 6.87. The molecule has 0 radical (unpaired) electrons. The van der Waals surface area contributed by atoms with Crippen molar-refractivity contribution in [2.75, 3.05) is 29.5 Å². The monoisotopic (exact) mass is 280 g/mol. The number of aliphatic hydroxyl groups is 1. The molecule has 0 aliphatic carbocycles. The molecular weight excluding hydrogens is 260 g/mol. The lowest BCUT2D eigenvalue weighted by Gasteiger charge is -2.26. The van der Waals surface area contributed by atoms with Crippen LogP contribution in [0.3, 0.4) is 0 Å². The minimum Gasteiger partial charge on any atom is -0.396 e. The number of hydrogen-bond donors (Lipinski definition) is 1. The lowest BCUT2D eigenvalue weighted by atomic mass is 10.1. The van der Waals surface area contributed by atoms with Crippen molar-refractivity contribution in [3.05, 3.63) is 53.6 Å². The Morgan fingerprint density at radius 2 is 1.76 bits per heavy atom. The second-order valence-corrected chi connectivity index (χ2v) is 5.81. The van der Waals surface area contributed by atoms with Gasteiger partial charge >= 0.3 is 0 Å². The average Bonchev–Trinajstić information content (AvgIpc) is 2.90. The van der Waals surface area contributed by atoms with E-state index in [-0.39, 0.29) is 6.61 Å². The van der Waals surface area contributed by atoms with Crippen molar-refractivity contribution in [3.63, 3.8) is 0 Å². The summed E-state index contributed by atoms with van der Waals surface area (Å²) in [5.74, 6) is 0. The molecule has 3 nitrogen and oxygen atoms in total. The number of anilines is 3. The summed E-state index contributed by atoms with van der Waals surface area (Å²) < 4.78 is 0. The Morgan fingerprint density at radius 1 is 0.952 bits per heavy atom. The zero-order valence-corrected chi connectivity index (χ0v) is 12.1. The molecule has 0 fully saturated rings. The Morgan fingerprint density at radius 3 is 2.62 bits per heavy atom. The van der Waals surface area contributed by atoms with E-state index < -0.39 is 0 Å². The van der Waals surface area contributed by atoms with Crippen LogP contribution in [0.5, 0.6) is 0 Å². The number of benzene rings is 2. The van der Waals surface area contributed by atoms with Gasteiger partial charge in [0.05, 0.1) is 11.4 Å². The molecule has 0 spiro atoms. The molecule has 0 atom stereocenters. The van der Waals surface area contributed by atoms with Gasteiger partial charge in [-0.05, 0) is 36.1 Å². The first kappa shape index (κ1) is 12.7. The smallest absolute Gasteiger partial charge is 0.0648 e. The van der Waals surface area contributed by atoms with Gasteiger partial charge in [-0.1, -0.05) is 30.3 Å². The van der Waals surface area contributed by atoms with E-state index in [2.05, 4.69) is 52.3 Å². The quantitative estimate of drug-likeness (QED) is 0.936. The van der Waals surface area contributed by atoms with Gasteiger partial charge in [-0.3, -0.25) is 0 Å². The molecule has 0 bridgehead atoms. The number of para-hydroxylation sites is 3. The fourth-order valence-electron chi connectivity index (χ4n) is 3.62. The van der Waals surface area contributed by atoms with E-state index in [1.54, 1.807) is 0 Å². The Bertz CT molecular complexity index is 668. The third kappa shape index (κ3) is 2.00. The number of hydrogen-bond acceptors (Lipinski definition) is 3. The minimum atomic E-state index is 0.245. The highest BCUT2D eigenvalue weighted by atomic mass is 16.3. The maximum Gasteiger partial charge on any atom is 0.0648 e. The Balaban J connectivity index is 1.86. The van der Waals surface area contributed by atoms with Gasteiger partial charge in [0.15, 0.2) is 0 Å². The van der Waals surface area contributed by atoms with Gasteiger partial charge in [-0.15, -0.1) is 0 Å². The van der Waals surface area contributed by atoms with Crippen LogP contribution in [0.2, 0.25) is 0 Å². The van der Waals surface area contributed by atoms with E-state index in [0.717, 1.165) is 32.5 Å². The maximum absolute atomic E-state index is 9.18. The number of rotatable bonds is 3. The lowest BCUT2D eigenvalue weighted by Crippen LogP contribution is -2.24. The van der Waals surface area contributed by atoms with Crippen molar-refractivity contribution < 1.29 is 5.11 Å². The third-order valence-electron chi connectivity index (χ3n) is 4.54. The molecule has 21 heavy (non-hydrogen) atoms. The van der Waals surface area contributed by atoms with Crippen molar-refractivity contribution in [2.24, 2.45) is 0 Å². The maximum atomic E-state index is 9.18. The Hall–Kier alpha value is -2.00. The zero-order valence-electron chi connectivity index (χ0n) is 12.1. The van der Waals surface area contributed by atoms with E-state index in [4.69, 9.17) is 0 Å². The summed E-state index contributed by atoms with van der Waals surface area (Å²) in [6, 6.07) is 15.3. The van der Waals surface area contributed by atoms with E-state index in [0.29, 0.717) is 0 Å². The summed E-state index contributed by atoms with van der Waals surface area (Å²) in [4.78, 5) is 4.87.